The van der Waals surface area contributed by atoms with Gasteiger partial charge in [0.15, 0.2) is 0 Å². The maximum Gasteiger partial charge on any atom is 0.271 e. The number of aromatic nitrogens is 1. The van der Waals surface area contributed by atoms with Crippen molar-refractivity contribution in [2.75, 3.05) is 0 Å². The van der Waals surface area contributed by atoms with Gasteiger partial charge in [0, 0.05) is 15.6 Å². The number of nitrogens with one attached hydrogen (secondary N) is 3. The minimum Gasteiger partial charge on any atom is -0.358 e. The van der Waals surface area contributed by atoms with Crippen molar-refractivity contribution in [2.45, 2.75) is 26.2 Å². The zero-order chi connectivity index (χ0) is 19.0. The fourth-order valence-electron chi connectivity index (χ4n) is 3.70. The largest absolute Gasteiger partial charge is 0.358 e. The molecule has 0 radical (unpaired) electrons. The van der Waals surface area contributed by atoms with Crippen LogP contribution in [0.4, 0.5) is 0 Å². The van der Waals surface area contributed by atoms with Gasteiger partial charge in [0.2, 0.25) is 0 Å². The lowest BCUT2D eigenvalue weighted by molar-refractivity contribution is 0.0847. The minimum absolute atomic E-state index is 0.340. The Labute approximate surface area is 165 Å². The smallest absolute Gasteiger partial charge is 0.271 e. The van der Waals surface area contributed by atoms with Gasteiger partial charge in [-0.2, -0.15) is 0 Å². The Morgan fingerprint density at radius 1 is 1.04 bits per heavy atom. The molecule has 4 rings (SSSR count). The topological polar surface area (TPSA) is 74.0 Å². The Kier molecular flexibility index (Phi) is 4.74. The first-order chi connectivity index (χ1) is 13.0. The zero-order valence-electron chi connectivity index (χ0n) is 14.9. The van der Waals surface area contributed by atoms with Crippen LogP contribution in [0.3, 0.4) is 0 Å². The highest BCUT2D eigenvalue weighted by atomic mass is 79.9. The van der Waals surface area contributed by atoms with Crippen LogP contribution in [0.15, 0.2) is 46.9 Å². The van der Waals surface area contributed by atoms with Crippen LogP contribution in [0.25, 0.3) is 10.9 Å². The van der Waals surface area contributed by atoms with Crippen molar-refractivity contribution < 1.29 is 9.59 Å². The molecule has 0 spiro atoms. The number of H-pyrrole nitrogens is 1. The molecule has 5 nitrogen and oxygen atoms in total. The second-order valence-electron chi connectivity index (χ2n) is 7.05. The number of rotatable bonds is 2. The molecule has 3 aromatic rings. The zero-order valence-corrected chi connectivity index (χ0v) is 16.5. The summed E-state index contributed by atoms with van der Waals surface area (Å²) in [7, 11) is 0. The molecule has 1 aromatic heterocycles. The number of hydrogen-bond acceptors (Lipinski definition) is 2. The summed E-state index contributed by atoms with van der Waals surface area (Å²) in [6.45, 7) is 2.26. The predicted molar refractivity (Wildman–Crippen MR) is 109 cm³/mol. The lowest BCUT2D eigenvalue weighted by Crippen LogP contribution is -2.41. The van der Waals surface area contributed by atoms with Crippen LogP contribution in [0.1, 0.15) is 45.3 Å². The summed E-state index contributed by atoms with van der Waals surface area (Å²) in [6, 6.07) is 12.8. The molecule has 1 unspecified atom stereocenters. The normalized spacial score (nSPS) is 16.0. The van der Waals surface area contributed by atoms with E-state index in [4.69, 9.17) is 0 Å². The highest BCUT2D eigenvalue weighted by molar-refractivity contribution is 9.10. The Hall–Kier alpha value is -2.60. The quantitative estimate of drug-likeness (QED) is 0.539. The Balaban J connectivity index is 1.57. The molecular formula is C21H20BrN3O2. The van der Waals surface area contributed by atoms with E-state index in [1.165, 1.54) is 11.3 Å². The van der Waals surface area contributed by atoms with E-state index in [2.05, 4.69) is 44.8 Å². The summed E-state index contributed by atoms with van der Waals surface area (Å²) >= 11 is 3.34. The average Bonchev–Trinajstić information content (AvgIpc) is 3.04. The molecule has 0 fully saturated rings. The molecule has 1 aliphatic rings. The Morgan fingerprint density at radius 3 is 2.52 bits per heavy atom. The molecule has 27 heavy (non-hydrogen) atoms. The number of hydrazine groups is 1. The van der Waals surface area contributed by atoms with Gasteiger partial charge in [-0.3, -0.25) is 20.4 Å². The molecule has 138 valence electrons. The first-order valence-corrected chi connectivity index (χ1v) is 9.81. The number of carbonyl (C=O) groups is 2. The van der Waals surface area contributed by atoms with Gasteiger partial charge in [-0.05, 0) is 64.9 Å². The van der Waals surface area contributed by atoms with Crippen molar-refractivity contribution in [3.63, 3.8) is 0 Å². The van der Waals surface area contributed by atoms with Gasteiger partial charge in [-0.15, -0.1) is 0 Å². The van der Waals surface area contributed by atoms with E-state index in [-0.39, 0.29) is 11.8 Å². The van der Waals surface area contributed by atoms with Crippen molar-refractivity contribution in [3.05, 3.63) is 69.3 Å². The Morgan fingerprint density at radius 2 is 1.74 bits per heavy atom. The minimum atomic E-state index is -0.373. The molecule has 1 heterocycles. The highest BCUT2D eigenvalue weighted by Crippen LogP contribution is 2.32. The SMILES string of the molecule is CC1CCc2[nH]c3c(C(=O)NNC(=O)c4ccccc4Br)cccc3c2C1. The van der Waals surface area contributed by atoms with Crippen molar-refractivity contribution >= 4 is 38.6 Å². The molecule has 1 aliphatic carbocycles. The number of benzene rings is 2. The van der Waals surface area contributed by atoms with E-state index >= 15 is 0 Å². The number of fused-ring (bicyclic) bond motifs is 3. The summed E-state index contributed by atoms with van der Waals surface area (Å²) < 4.78 is 0.671. The lowest BCUT2D eigenvalue weighted by atomic mass is 9.87. The molecule has 0 aliphatic heterocycles. The Bertz CT molecular complexity index is 1040. The van der Waals surface area contributed by atoms with Crippen LogP contribution in [0.2, 0.25) is 0 Å². The maximum atomic E-state index is 12.7. The summed E-state index contributed by atoms with van der Waals surface area (Å²) in [6.07, 6.45) is 3.19. The molecule has 1 atom stereocenters. The van der Waals surface area contributed by atoms with E-state index in [0.717, 1.165) is 30.2 Å². The van der Waals surface area contributed by atoms with Gasteiger partial charge < -0.3 is 4.98 Å². The molecule has 2 aromatic carbocycles. The molecular weight excluding hydrogens is 406 g/mol. The van der Waals surface area contributed by atoms with Gasteiger partial charge >= 0.3 is 0 Å². The van der Waals surface area contributed by atoms with Gasteiger partial charge in [0.1, 0.15) is 0 Å². The van der Waals surface area contributed by atoms with Crippen LogP contribution >= 0.6 is 15.9 Å². The van der Waals surface area contributed by atoms with E-state index < -0.39 is 0 Å². The predicted octanol–water partition coefficient (Wildman–Crippen LogP) is 4.13. The van der Waals surface area contributed by atoms with E-state index in [1.807, 2.05) is 12.1 Å². The van der Waals surface area contributed by atoms with E-state index in [1.54, 1.807) is 24.3 Å². The second-order valence-corrected chi connectivity index (χ2v) is 7.90. The number of aryl methyl sites for hydroxylation is 1. The van der Waals surface area contributed by atoms with Crippen molar-refractivity contribution in [1.82, 2.24) is 15.8 Å². The number of aromatic amines is 1. The average molecular weight is 426 g/mol. The van der Waals surface area contributed by atoms with Gasteiger partial charge in [0.05, 0.1) is 16.6 Å². The first-order valence-electron chi connectivity index (χ1n) is 9.02. The number of halogens is 1. The third-order valence-corrected chi connectivity index (χ3v) is 5.81. The van der Waals surface area contributed by atoms with Crippen LogP contribution in [-0.2, 0) is 12.8 Å². The molecule has 3 N–H and O–H groups in total. The van der Waals surface area contributed by atoms with Crippen molar-refractivity contribution in [3.8, 4) is 0 Å². The monoisotopic (exact) mass is 425 g/mol. The lowest BCUT2D eigenvalue weighted by Gasteiger charge is -2.17. The molecule has 0 saturated heterocycles. The first kappa shape index (κ1) is 17.8. The third-order valence-electron chi connectivity index (χ3n) is 5.12. The summed E-state index contributed by atoms with van der Waals surface area (Å²) in [4.78, 5) is 28.4. The standard InChI is InChI=1S/C21H20BrN3O2/c1-12-9-10-18-16(11-12)13-6-4-7-15(19(13)23-18)21(27)25-24-20(26)14-5-2-3-8-17(14)22/h2-8,12,23H,9-11H2,1H3,(H,24,26)(H,25,27). The number of amides is 2. The van der Waals surface area contributed by atoms with Gasteiger partial charge in [-0.25, -0.2) is 0 Å². The van der Waals surface area contributed by atoms with E-state index in [9.17, 15) is 9.59 Å². The van der Waals surface area contributed by atoms with Gasteiger partial charge in [0.25, 0.3) is 11.8 Å². The highest BCUT2D eigenvalue weighted by Gasteiger charge is 2.22. The van der Waals surface area contributed by atoms with Gasteiger partial charge in [-0.1, -0.05) is 31.2 Å². The van der Waals surface area contributed by atoms with Crippen molar-refractivity contribution in [2.24, 2.45) is 5.92 Å². The fraction of sp³-hybridized carbons (Fsp3) is 0.238. The summed E-state index contributed by atoms with van der Waals surface area (Å²) in [5.41, 5.74) is 9.38. The number of para-hydroxylation sites is 1. The van der Waals surface area contributed by atoms with Crippen LogP contribution in [0, 0.1) is 5.92 Å². The van der Waals surface area contributed by atoms with Crippen molar-refractivity contribution in [1.29, 1.82) is 0 Å². The summed E-state index contributed by atoms with van der Waals surface area (Å²) in [5.74, 6) is -0.0622. The van der Waals surface area contributed by atoms with Crippen LogP contribution < -0.4 is 10.9 Å². The molecule has 6 heteroatoms. The molecule has 0 saturated carbocycles. The fourth-order valence-corrected chi connectivity index (χ4v) is 4.16. The summed E-state index contributed by atoms with van der Waals surface area (Å²) in [5, 5.41) is 1.10. The van der Waals surface area contributed by atoms with Crippen LogP contribution in [0.5, 0.6) is 0 Å². The third kappa shape index (κ3) is 3.37. The molecule has 0 bridgehead atoms. The maximum absolute atomic E-state index is 12.7. The number of hydrogen-bond donors (Lipinski definition) is 3. The van der Waals surface area contributed by atoms with E-state index in [0.29, 0.717) is 21.5 Å². The second kappa shape index (κ2) is 7.19. The molecule has 2 amide bonds. The van der Waals surface area contributed by atoms with Crippen LogP contribution in [-0.4, -0.2) is 16.8 Å². The number of carbonyl (C=O) groups excluding carboxylic acids is 2.